The lowest BCUT2D eigenvalue weighted by Gasteiger charge is -2.29. The van der Waals surface area contributed by atoms with Crippen molar-refractivity contribution in [2.75, 3.05) is 11.4 Å². The van der Waals surface area contributed by atoms with Crippen molar-refractivity contribution < 1.29 is 14.0 Å². The summed E-state index contributed by atoms with van der Waals surface area (Å²) in [6.45, 7) is 5.14. The van der Waals surface area contributed by atoms with Crippen LogP contribution in [0.2, 0.25) is 0 Å². The second-order valence-corrected chi connectivity index (χ2v) is 7.52. The average Bonchev–Trinajstić information content (AvgIpc) is 3.27. The van der Waals surface area contributed by atoms with E-state index in [0.29, 0.717) is 30.0 Å². The van der Waals surface area contributed by atoms with E-state index in [2.05, 4.69) is 10.4 Å². The van der Waals surface area contributed by atoms with Gasteiger partial charge in [-0.15, -0.1) is 0 Å². The van der Waals surface area contributed by atoms with Crippen molar-refractivity contribution >= 4 is 17.5 Å². The van der Waals surface area contributed by atoms with Crippen LogP contribution in [0, 0.1) is 5.82 Å². The average molecular weight is 421 g/mol. The van der Waals surface area contributed by atoms with Crippen molar-refractivity contribution in [3.63, 3.8) is 0 Å². The lowest BCUT2D eigenvalue weighted by Crippen LogP contribution is -2.36. The minimum absolute atomic E-state index is 0.139. The smallest absolute Gasteiger partial charge is 0.278 e. The van der Waals surface area contributed by atoms with Crippen LogP contribution >= 0.6 is 0 Å². The van der Waals surface area contributed by atoms with Crippen LogP contribution in [0.4, 0.5) is 10.1 Å². The summed E-state index contributed by atoms with van der Waals surface area (Å²) < 4.78 is 14.8. The van der Waals surface area contributed by atoms with Crippen molar-refractivity contribution in [3.8, 4) is 0 Å². The van der Waals surface area contributed by atoms with Crippen molar-refractivity contribution in [2.24, 2.45) is 0 Å². The van der Waals surface area contributed by atoms with Gasteiger partial charge in [0.2, 0.25) is 0 Å². The normalized spacial score (nSPS) is 14.1. The maximum Gasteiger partial charge on any atom is 0.278 e. The largest absolute Gasteiger partial charge is 0.344 e. The zero-order valence-corrected chi connectivity index (χ0v) is 17.5. The number of hydrogen-bond acceptors (Lipinski definition) is 4. The van der Waals surface area contributed by atoms with Crippen LogP contribution in [0.25, 0.3) is 0 Å². The number of fused-ring (bicyclic) bond motifs is 1. The Bertz CT molecular complexity index is 1110. The number of rotatable bonds is 5. The van der Waals surface area contributed by atoms with Crippen LogP contribution in [0.5, 0.6) is 0 Å². The van der Waals surface area contributed by atoms with Gasteiger partial charge in [-0.2, -0.15) is 5.10 Å². The summed E-state index contributed by atoms with van der Waals surface area (Å²) in [5.41, 5.74) is 3.12. The molecule has 160 valence electrons. The van der Waals surface area contributed by atoms with Crippen LogP contribution in [0.1, 0.15) is 58.5 Å². The molecular weight excluding hydrogens is 397 g/mol. The highest BCUT2D eigenvalue weighted by Gasteiger charge is 2.27. The Labute approximate surface area is 179 Å². The molecule has 7 nitrogen and oxygen atoms in total. The first-order chi connectivity index (χ1) is 15.0. The number of aryl methyl sites for hydroxylation is 2. The molecule has 0 bridgehead atoms. The molecule has 0 saturated heterocycles. The Morgan fingerprint density at radius 2 is 1.94 bits per heavy atom. The van der Waals surface area contributed by atoms with Crippen LogP contribution in [-0.4, -0.2) is 33.1 Å². The molecule has 2 amide bonds. The van der Waals surface area contributed by atoms with Gasteiger partial charge in [0, 0.05) is 24.8 Å². The van der Waals surface area contributed by atoms with Crippen molar-refractivity contribution in [1.29, 1.82) is 0 Å². The third-order valence-electron chi connectivity index (χ3n) is 5.38. The third-order valence-corrected chi connectivity index (χ3v) is 5.38. The molecule has 3 heterocycles. The summed E-state index contributed by atoms with van der Waals surface area (Å²) in [5.74, 6) is -0.822. The molecule has 31 heavy (non-hydrogen) atoms. The topological polar surface area (TPSA) is 80.1 Å². The van der Waals surface area contributed by atoms with E-state index >= 15 is 0 Å². The van der Waals surface area contributed by atoms with Gasteiger partial charge in [0.05, 0.1) is 23.1 Å². The number of carbonyl (C=O) groups excluding carboxylic acids is 2. The molecule has 1 aliphatic heterocycles. The number of carbonyl (C=O) groups is 2. The third kappa shape index (κ3) is 4.33. The molecular formula is C23H24FN5O2. The van der Waals surface area contributed by atoms with E-state index in [4.69, 9.17) is 4.98 Å². The first kappa shape index (κ1) is 20.7. The molecule has 1 N–H and O–H groups in total. The minimum Gasteiger partial charge on any atom is -0.344 e. The van der Waals surface area contributed by atoms with Gasteiger partial charge < -0.3 is 10.2 Å². The fraction of sp³-hybridized carbons (Fsp3) is 0.304. The van der Waals surface area contributed by atoms with E-state index in [1.807, 2.05) is 26.0 Å². The van der Waals surface area contributed by atoms with E-state index in [1.54, 1.807) is 21.8 Å². The minimum atomic E-state index is -0.387. The molecule has 0 radical (unpaired) electrons. The molecule has 1 unspecified atom stereocenters. The summed E-state index contributed by atoms with van der Waals surface area (Å²) in [4.78, 5) is 31.9. The van der Waals surface area contributed by atoms with Gasteiger partial charge in [-0.05, 0) is 69.2 Å². The molecule has 8 heteroatoms. The molecule has 0 saturated carbocycles. The quantitative estimate of drug-likeness (QED) is 0.684. The molecule has 0 fully saturated rings. The second-order valence-electron chi connectivity index (χ2n) is 7.52. The first-order valence-electron chi connectivity index (χ1n) is 10.4. The Balaban J connectivity index is 1.51. The highest BCUT2D eigenvalue weighted by Crippen LogP contribution is 2.28. The lowest BCUT2D eigenvalue weighted by atomic mass is 10.0. The van der Waals surface area contributed by atoms with Crippen LogP contribution in [-0.2, 0) is 13.0 Å². The molecule has 3 aromatic rings. The monoisotopic (exact) mass is 421 g/mol. The van der Waals surface area contributed by atoms with Gasteiger partial charge in [0.1, 0.15) is 5.82 Å². The number of pyridine rings is 1. The zero-order valence-electron chi connectivity index (χ0n) is 17.5. The Morgan fingerprint density at radius 1 is 1.16 bits per heavy atom. The molecule has 0 spiro atoms. The van der Waals surface area contributed by atoms with Crippen molar-refractivity contribution in [3.05, 3.63) is 77.1 Å². The van der Waals surface area contributed by atoms with Crippen LogP contribution < -0.4 is 10.2 Å². The van der Waals surface area contributed by atoms with Crippen LogP contribution in [0.3, 0.4) is 0 Å². The van der Waals surface area contributed by atoms with E-state index in [0.717, 1.165) is 24.2 Å². The van der Waals surface area contributed by atoms with E-state index in [-0.39, 0.29) is 23.7 Å². The fourth-order valence-corrected chi connectivity index (χ4v) is 3.66. The molecule has 1 aliphatic rings. The summed E-state index contributed by atoms with van der Waals surface area (Å²) in [6.07, 6.45) is 3.36. The SMILES string of the molecule is CCn1ccc(C(=O)N2CCCc3nc(C(C)NC(=O)c4ccc(F)cc4)ccc32)n1. The molecule has 2 aromatic heterocycles. The maximum atomic E-state index is 13.1. The molecule has 4 rings (SSSR count). The predicted molar refractivity (Wildman–Crippen MR) is 114 cm³/mol. The Morgan fingerprint density at radius 3 is 2.65 bits per heavy atom. The molecule has 1 atom stereocenters. The standard InChI is InChI=1S/C23H24FN5O2/c1-3-28-14-12-20(27-28)23(31)29-13-4-5-19-21(29)11-10-18(26-19)15(2)25-22(30)16-6-8-17(24)9-7-16/h6-12,14-15H,3-5,13H2,1-2H3,(H,25,30). The number of nitrogens with zero attached hydrogens (tertiary/aromatic N) is 4. The number of benzene rings is 1. The number of halogens is 1. The second kappa shape index (κ2) is 8.67. The predicted octanol–water partition coefficient (Wildman–Crippen LogP) is 3.52. The van der Waals surface area contributed by atoms with E-state index in [1.165, 1.54) is 24.3 Å². The summed E-state index contributed by atoms with van der Waals surface area (Å²) in [6, 6.07) is 10.5. The fourth-order valence-electron chi connectivity index (χ4n) is 3.66. The van der Waals surface area contributed by atoms with Crippen molar-refractivity contribution in [2.45, 2.75) is 39.3 Å². The summed E-state index contributed by atoms with van der Waals surface area (Å²) in [5, 5.41) is 7.21. The Hall–Kier alpha value is -3.55. The molecule has 0 aliphatic carbocycles. The zero-order chi connectivity index (χ0) is 22.0. The van der Waals surface area contributed by atoms with Gasteiger partial charge in [0.15, 0.2) is 5.69 Å². The molecule has 1 aromatic carbocycles. The highest BCUT2D eigenvalue weighted by molar-refractivity contribution is 6.05. The van der Waals surface area contributed by atoms with Gasteiger partial charge in [-0.25, -0.2) is 4.39 Å². The van der Waals surface area contributed by atoms with Crippen molar-refractivity contribution in [1.82, 2.24) is 20.1 Å². The number of hydrogen-bond donors (Lipinski definition) is 1. The van der Waals surface area contributed by atoms with Gasteiger partial charge >= 0.3 is 0 Å². The first-order valence-corrected chi connectivity index (χ1v) is 10.4. The summed E-state index contributed by atoms with van der Waals surface area (Å²) >= 11 is 0. The van der Waals surface area contributed by atoms with Gasteiger partial charge in [-0.3, -0.25) is 19.3 Å². The highest BCUT2D eigenvalue weighted by atomic mass is 19.1. The van der Waals surface area contributed by atoms with E-state index < -0.39 is 0 Å². The maximum absolute atomic E-state index is 13.1. The van der Waals surface area contributed by atoms with Crippen LogP contribution in [0.15, 0.2) is 48.7 Å². The lowest BCUT2D eigenvalue weighted by molar-refractivity contribution is 0.0938. The van der Waals surface area contributed by atoms with Gasteiger partial charge in [0.25, 0.3) is 11.8 Å². The number of aromatic nitrogens is 3. The number of anilines is 1. The van der Waals surface area contributed by atoms with Gasteiger partial charge in [-0.1, -0.05) is 0 Å². The summed E-state index contributed by atoms with van der Waals surface area (Å²) in [7, 11) is 0. The number of nitrogens with one attached hydrogen (secondary N) is 1. The number of amides is 2. The van der Waals surface area contributed by atoms with E-state index in [9.17, 15) is 14.0 Å². The Kier molecular flexibility index (Phi) is 5.79.